The summed E-state index contributed by atoms with van der Waals surface area (Å²) in [5, 5.41) is 11.8. The molecule has 0 aliphatic carbocycles. The van der Waals surface area contributed by atoms with Gasteiger partial charge in [0.2, 0.25) is 0 Å². The Morgan fingerprint density at radius 1 is 1.26 bits per heavy atom. The first-order valence-corrected chi connectivity index (χ1v) is 7.86. The molecule has 1 amide bonds. The summed E-state index contributed by atoms with van der Waals surface area (Å²) >= 11 is 7.28. The molecule has 2 heterocycles. The molecule has 3 rings (SSSR count). The van der Waals surface area contributed by atoms with Gasteiger partial charge < -0.3 is 9.88 Å². The van der Waals surface area contributed by atoms with E-state index in [-0.39, 0.29) is 11.1 Å². The van der Waals surface area contributed by atoms with Crippen LogP contribution in [0.15, 0.2) is 59.0 Å². The Balaban J connectivity index is 1.68. The number of nitrogens with zero attached hydrogens (tertiary/aromatic N) is 4. The fraction of sp³-hybridized carbons (Fsp3) is 0.0667. The van der Waals surface area contributed by atoms with Gasteiger partial charge in [0.1, 0.15) is 11.5 Å². The molecule has 1 N–H and O–H groups in total. The fourth-order valence-electron chi connectivity index (χ4n) is 1.82. The summed E-state index contributed by atoms with van der Waals surface area (Å²) in [5.41, 5.74) is 1.16. The lowest BCUT2D eigenvalue weighted by molar-refractivity contribution is 0.102. The maximum atomic E-state index is 12.1. The van der Waals surface area contributed by atoms with Gasteiger partial charge in [-0.25, -0.2) is 4.98 Å². The van der Waals surface area contributed by atoms with Crippen LogP contribution >= 0.6 is 23.4 Å². The van der Waals surface area contributed by atoms with Crippen molar-refractivity contribution in [3.8, 4) is 0 Å². The van der Waals surface area contributed by atoms with Crippen LogP contribution in [-0.2, 0) is 7.05 Å². The molecule has 0 saturated heterocycles. The number of pyridine rings is 1. The van der Waals surface area contributed by atoms with Crippen molar-refractivity contribution in [2.75, 3.05) is 5.32 Å². The SMILES string of the molecule is Cn1cnnc1Sc1ccc(NC(=O)c2ccnc(Cl)c2)cc1. The number of hydrogen-bond donors (Lipinski definition) is 1. The van der Waals surface area contributed by atoms with Crippen LogP contribution in [0, 0.1) is 0 Å². The molecule has 6 nitrogen and oxygen atoms in total. The molecule has 0 atom stereocenters. The monoisotopic (exact) mass is 345 g/mol. The maximum Gasteiger partial charge on any atom is 0.255 e. The number of aromatic nitrogens is 4. The van der Waals surface area contributed by atoms with E-state index in [1.54, 1.807) is 12.4 Å². The fourth-order valence-corrected chi connectivity index (χ4v) is 2.76. The smallest absolute Gasteiger partial charge is 0.255 e. The minimum absolute atomic E-state index is 0.233. The average molecular weight is 346 g/mol. The van der Waals surface area contributed by atoms with Crippen molar-refractivity contribution in [1.82, 2.24) is 19.7 Å². The topological polar surface area (TPSA) is 72.7 Å². The highest BCUT2D eigenvalue weighted by atomic mass is 35.5. The van der Waals surface area contributed by atoms with Gasteiger partial charge >= 0.3 is 0 Å². The summed E-state index contributed by atoms with van der Waals surface area (Å²) < 4.78 is 1.84. The Morgan fingerprint density at radius 3 is 2.70 bits per heavy atom. The average Bonchev–Trinajstić information content (AvgIpc) is 2.94. The van der Waals surface area contributed by atoms with Crippen LogP contribution < -0.4 is 5.32 Å². The molecule has 23 heavy (non-hydrogen) atoms. The Labute approximate surface area is 141 Å². The number of hydrogen-bond acceptors (Lipinski definition) is 5. The van der Waals surface area contributed by atoms with E-state index in [0.29, 0.717) is 11.3 Å². The lowest BCUT2D eigenvalue weighted by Gasteiger charge is -2.06. The lowest BCUT2D eigenvalue weighted by Crippen LogP contribution is -2.11. The van der Waals surface area contributed by atoms with Gasteiger partial charge in [0, 0.05) is 29.4 Å². The zero-order valence-electron chi connectivity index (χ0n) is 12.1. The molecule has 2 aromatic heterocycles. The Morgan fingerprint density at radius 2 is 2.04 bits per heavy atom. The van der Waals surface area contributed by atoms with Crippen LogP contribution in [0.1, 0.15) is 10.4 Å². The van der Waals surface area contributed by atoms with Crippen molar-refractivity contribution < 1.29 is 4.79 Å². The van der Waals surface area contributed by atoms with Gasteiger partial charge in [0.05, 0.1) is 0 Å². The summed E-state index contributed by atoms with van der Waals surface area (Å²) in [7, 11) is 1.89. The Hall–Kier alpha value is -2.38. The van der Waals surface area contributed by atoms with Crippen molar-refractivity contribution in [2.45, 2.75) is 10.1 Å². The molecule has 116 valence electrons. The molecule has 0 aliphatic rings. The highest BCUT2D eigenvalue weighted by molar-refractivity contribution is 7.99. The summed E-state index contributed by atoms with van der Waals surface area (Å²) in [4.78, 5) is 17.0. The third-order valence-electron chi connectivity index (χ3n) is 2.98. The lowest BCUT2D eigenvalue weighted by atomic mass is 10.2. The van der Waals surface area contributed by atoms with Crippen molar-refractivity contribution >= 4 is 35.0 Å². The largest absolute Gasteiger partial charge is 0.322 e. The van der Waals surface area contributed by atoms with Gasteiger partial charge in [-0.1, -0.05) is 11.6 Å². The maximum absolute atomic E-state index is 12.1. The minimum Gasteiger partial charge on any atom is -0.322 e. The summed E-state index contributed by atoms with van der Waals surface area (Å²) in [6.45, 7) is 0. The zero-order valence-corrected chi connectivity index (χ0v) is 13.7. The van der Waals surface area contributed by atoms with Crippen LogP contribution in [-0.4, -0.2) is 25.7 Å². The van der Waals surface area contributed by atoms with Crippen molar-refractivity contribution in [3.05, 3.63) is 59.6 Å². The van der Waals surface area contributed by atoms with E-state index in [4.69, 9.17) is 11.6 Å². The second kappa shape index (κ2) is 6.80. The van der Waals surface area contributed by atoms with Gasteiger partial charge in [-0.15, -0.1) is 10.2 Å². The van der Waals surface area contributed by atoms with E-state index < -0.39 is 0 Å². The van der Waals surface area contributed by atoms with Crippen LogP contribution in [0.3, 0.4) is 0 Å². The highest BCUT2D eigenvalue weighted by Gasteiger charge is 2.08. The standard InChI is InChI=1S/C15H12ClN5OS/c1-21-9-18-20-15(21)23-12-4-2-11(3-5-12)19-14(22)10-6-7-17-13(16)8-10/h2-9H,1H3,(H,19,22). The van der Waals surface area contributed by atoms with Crippen LogP contribution in [0.4, 0.5) is 5.69 Å². The van der Waals surface area contributed by atoms with Crippen LogP contribution in [0.2, 0.25) is 5.15 Å². The van der Waals surface area contributed by atoms with Crippen LogP contribution in [0.5, 0.6) is 0 Å². The molecule has 0 aliphatic heterocycles. The molecule has 0 spiro atoms. The Kier molecular flexibility index (Phi) is 4.59. The van der Waals surface area contributed by atoms with Gasteiger partial charge in [0.15, 0.2) is 5.16 Å². The molecule has 0 fully saturated rings. The molecular formula is C15H12ClN5OS. The summed E-state index contributed by atoms with van der Waals surface area (Å²) in [6, 6.07) is 10.6. The van der Waals surface area contributed by atoms with Crippen molar-refractivity contribution in [2.24, 2.45) is 7.05 Å². The quantitative estimate of drug-likeness (QED) is 0.735. The molecule has 0 saturated carbocycles. The molecule has 0 bridgehead atoms. The van der Waals surface area contributed by atoms with E-state index in [2.05, 4.69) is 20.5 Å². The number of nitrogens with one attached hydrogen (secondary N) is 1. The second-order valence-electron chi connectivity index (χ2n) is 4.67. The molecule has 3 aromatic rings. The molecule has 0 unspecified atom stereocenters. The molecule has 8 heteroatoms. The number of carbonyl (C=O) groups excluding carboxylic acids is 1. The van der Waals surface area contributed by atoms with Gasteiger partial charge in [0.25, 0.3) is 5.91 Å². The van der Waals surface area contributed by atoms with E-state index in [9.17, 15) is 4.79 Å². The number of rotatable bonds is 4. The summed E-state index contributed by atoms with van der Waals surface area (Å²) in [6.07, 6.45) is 3.15. The molecular weight excluding hydrogens is 334 g/mol. The third kappa shape index (κ3) is 3.88. The highest BCUT2D eigenvalue weighted by Crippen LogP contribution is 2.26. The number of benzene rings is 1. The van der Waals surface area contributed by atoms with E-state index in [1.807, 2.05) is 35.9 Å². The van der Waals surface area contributed by atoms with Gasteiger partial charge in [-0.05, 0) is 48.2 Å². The van der Waals surface area contributed by atoms with E-state index in [1.165, 1.54) is 24.0 Å². The number of halogens is 1. The zero-order chi connectivity index (χ0) is 16.2. The molecule has 1 aromatic carbocycles. The first kappa shape index (κ1) is 15.5. The molecule has 0 radical (unpaired) electrons. The van der Waals surface area contributed by atoms with E-state index in [0.717, 1.165) is 10.1 Å². The van der Waals surface area contributed by atoms with Crippen molar-refractivity contribution in [3.63, 3.8) is 0 Å². The number of aryl methyl sites for hydroxylation is 1. The predicted octanol–water partition coefficient (Wildman–Crippen LogP) is 3.27. The Bertz CT molecular complexity index is 834. The number of anilines is 1. The summed E-state index contributed by atoms with van der Waals surface area (Å²) in [5.74, 6) is -0.233. The number of amides is 1. The van der Waals surface area contributed by atoms with E-state index >= 15 is 0 Å². The van der Waals surface area contributed by atoms with Gasteiger partial charge in [-0.3, -0.25) is 4.79 Å². The second-order valence-corrected chi connectivity index (χ2v) is 6.10. The first-order valence-electron chi connectivity index (χ1n) is 6.66. The number of carbonyl (C=O) groups is 1. The van der Waals surface area contributed by atoms with Crippen LogP contribution in [0.25, 0.3) is 0 Å². The predicted molar refractivity (Wildman–Crippen MR) is 88.8 cm³/mol. The third-order valence-corrected chi connectivity index (χ3v) is 4.25. The minimum atomic E-state index is -0.233. The normalized spacial score (nSPS) is 10.5. The van der Waals surface area contributed by atoms with Gasteiger partial charge in [-0.2, -0.15) is 0 Å². The first-order chi connectivity index (χ1) is 11.1. The van der Waals surface area contributed by atoms with Crippen molar-refractivity contribution in [1.29, 1.82) is 0 Å².